The Balaban J connectivity index is 2.18. The van der Waals surface area contributed by atoms with Crippen LogP contribution in [0, 0.1) is 0 Å². The normalized spacial score (nSPS) is 12.1. The first kappa shape index (κ1) is 19.3. The van der Waals surface area contributed by atoms with E-state index >= 15 is 0 Å². The molecule has 0 aliphatic carbocycles. The molecule has 0 saturated heterocycles. The smallest absolute Gasteiger partial charge is 0.478 e. The van der Waals surface area contributed by atoms with Crippen molar-refractivity contribution in [3.63, 3.8) is 0 Å². The van der Waals surface area contributed by atoms with Gasteiger partial charge in [-0.3, -0.25) is 4.72 Å². The number of hydrogen-bond acceptors (Lipinski definition) is 4. The van der Waals surface area contributed by atoms with Gasteiger partial charge >= 0.3 is 12.3 Å². The van der Waals surface area contributed by atoms with Crippen LogP contribution < -0.4 is 9.46 Å². The number of carboxylic acids is 1. The fourth-order valence-corrected chi connectivity index (χ4v) is 3.00. The molecule has 0 atom stereocenters. The van der Waals surface area contributed by atoms with Crippen LogP contribution in [0.1, 0.15) is 5.56 Å². The number of hydrogen-bond donors (Lipinski definition) is 2. The predicted molar refractivity (Wildman–Crippen MR) is 87.0 cm³/mol. The van der Waals surface area contributed by atoms with Gasteiger partial charge in [-0.1, -0.05) is 12.1 Å². The average molecular weight is 387 g/mol. The van der Waals surface area contributed by atoms with E-state index in [-0.39, 0.29) is 10.6 Å². The van der Waals surface area contributed by atoms with Crippen molar-refractivity contribution >= 4 is 27.8 Å². The second-order valence-electron chi connectivity index (χ2n) is 4.92. The van der Waals surface area contributed by atoms with Crippen molar-refractivity contribution in [2.45, 2.75) is 11.3 Å². The summed E-state index contributed by atoms with van der Waals surface area (Å²) in [6.07, 6.45) is -2.76. The lowest BCUT2D eigenvalue weighted by Crippen LogP contribution is -2.17. The molecule has 0 radical (unpaired) electrons. The van der Waals surface area contributed by atoms with Crippen LogP contribution >= 0.6 is 0 Å². The Morgan fingerprint density at radius 1 is 1.12 bits per heavy atom. The number of carbonyl (C=O) groups is 1. The molecule has 2 aromatic carbocycles. The minimum atomic E-state index is -4.84. The summed E-state index contributed by atoms with van der Waals surface area (Å²) < 4.78 is 66.9. The van der Waals surface area contributed by atoms with Gasteiger partial charge in [0, 0.05) is 11.8 Å². The van der Waals surface area contributed by atoms with Crippen LogP contribution in [0.5, 0.6) is 5.75 Å². The summed E-state index contributed by atoms with van der Waals surface area (Å²) in [5.74, 6) is -1.67. The summed E-state index contributed by atoms with van der Waals surface area (Å²) >= 11 is 0. The van der Waals surface area contributed by atoms with Crippen LogP contribution in [0.4, 0.5) is 18.9 Å². The number of ether oxygens (including phenoxy) is 1. The molecule has 0 heterocycles. The van der Waals surface area contributed by atoms with Gasteiger partial charge in [-0.2, -0.15) is 0 Å². The second kappa shape index (κ2) is 7.48. The minimum Gasteiger partial charge on any atom is -0.478 e. The molecule has 0 aromatic heterocycles. The second-order valence-corrected chi connectivity index (χ2v) is 6.60. The third-order valence-corrected chi connectivity index (χ3v) is 4.31. The van der Waals surface area contributed by atoms with Gasteiger partial charge in [0.1, 0.15) is 5.75 Å². The first-order valence-corrected chi connectivity index (χ1v) is 8.43. The third kappa shape index (κ3) is 5.81. The molecule has 10 heteroatoms. The van der Waals surface area contributed by atoms with Crippen molar-refractivity contribution in [3.05, 3.63) is 60.2 Å². The van der Waals surface area contributed by atoms with E-state index in [4.69, 9.17) is 5.11 Å². The molecule has 0 aliphatic rings. The summed E-state index contributed by atoms with van der Waals surface area (Å²) in [6.45, 7) is 0. The van der Waals surface area contributed by atoms with Gasteiger partial charge in [0.2, 0.25) is 0 Å². The van der Waals surface area contributed by atoms with Crippen molar-refractivity contribution in [1.82, 2.24) is 0 Å². The standard InChI is InChI=1S/C16H12F3NO5S/c17-16(18,19)25-13-7-5-12(6-8-13)20-26(23,24)14-3-1-2-11(10-14)4-9-15(21)22/h1-10,20H,(H,21,22). The van der Waals surface area contributed by atoms with Gasteiger partial charge in [0.15, 0.2) is 0 Å². The summed E-state index contributed by atoms with van der Waals surface area (Å²) in [5.41, 5.74) is 0.384. The number of benzene rings is 2. The monoisotopic (exact) mass is 387 g/mol. The molecule has 0 aliphatic heterocycles. The molecule has 0 fully saturated rings. The van der Waals surface area contributed by atoms with Crippen molar-refractivity contribution < 1.29 is 36.2 Å². The fourth-order valence-electron chi connectivity index (χ4n) is 1.89. The van der Waals surface area contributed by atoms with E-state index < -0.39 is 28.1 Å². The molecule has 0 spiro atoms. The summed E-state index contributed by atoms with van der Waals surface area (Å²) in [6, 6.07) is 9.66. The Hall–Kier alpha value is -3.01. The van der Waals surface area contributed by atoms with Crippen LogP contribution in [0.25, 0.3) is 6.08 Å². The average Bonchev–Trinajstić information content (AvgIpc) is 2.53. The van der Waals surface area contributed by atoms with Gasteiger partial charge in [-0.25, -0.2) is 13.2 Å². The predicted octanol–water partition coefficient (Wildman–Crippen LogP) is 3.48. The lowest BCUT2D eigenvalue weighted by molar-refractivity contribution is -0.274. The Morgan fingerprint density at radius 3 is 2.35 bits per heavy atom. The molecule has 26 heavy (non-hydrogen) atoms. The summed E-state index contributed by atoms with van der Waals surface area (Å²) in [7, 11) is -4.02. The first-order chi connectivity index (χ1) is 12.0. The van der Waals surface area contributed by atoms with Crippen LogP contribution in [0.3, 0.4) is 0 Å². The van der Waals surface area contributed by atoms with E-state index in [2.05, 4.69) is 9.46 Å². The maximum absolute atomic E-state index is 12.3. The topological polar surface area (TPSA) is 92.7 Å². The number of halogens is 3. The van der Waals surface area contributed by atoms with Crippen LogP contribution in [0.15, 0.2) is 59.5 Å². The molecule has 2 N–H and O–H groups in total. The SMILES string of the molecule is O=C(O)C=Cc1cccc(S(=O)(=O)Nc2ccc(OC(F)(F)F)cc2)c1. The van der Waals surface area contributed by atoms with E-state index in [0.717, 1.165) is 30.3 Å². The van der Waals surface area contributed by atoms with Crippen LogP contribution in [-0.2, 0) is 14.8 Å². The fraction of sp³-hybridized carbons (Fsp3) is 0.0625. The van der Waals surface area contributed by atoms with Gasteiger partial charge in [0.05, 0.1) is 4.90 Å². The van der Waals surface area contributed by atoms with Gasteiger partial charge < -0.3 is 9.84 Å². The molecule has 2 aromatic rings. The highest BCUT2D eigenvalue weighted by molar-refractivity contribution is 7.92. The van der Waals surface area contributed by atoms with E-state index in [0.29, 0.717) is 5.56 Å². The summed E-state index contributed by atoms with van der Waals surface area (Å²) in [4.78, 5) is 10.4. The Kier molecular flexibility index (Phi) is 5.56. The van der Waals surface area contributed by atoms with Crippen molar-refractivity contribution in [3.8, 4) is 5.75 Å². The van der Waals surface area contributed by atoms with Gasteiger partial charge in [-0.15, -0.1) is 13.2 Å². The van der Waals surface area contributed by atoms with Crippen molar-refractivity contribution in [1.29, 1.82) is 0 Å². The van der Waals surface area contributed by atoms with Crippen LogP contribution in [-0.4, -0.2) is 25.9 Å². The number of anilines is 1. The zero-order valence-corrected chi connectivity index (χ0v) is 13.7. The van der Waals surface area contributed by atoms with E-state index in [9.17, 15) is 26.4 Å². The minimum absolute atomic E-state index is 0.0333. The number of nitrogens with one attached hydrogen (secondary N) is 1. The maximum atomic E-state index is 12.3. The van der Waals surface area contributed by atoms with E-state index in [1.54, 1.807) is 0 Å². The largest absolute Gasteiger partial charge is 0.573 e. The number of carboxylic acid groups (broad SMARTS) is 1. The number of alkyl halides is 3. The molecular formula is C16H12F3NO5S. The molecule has 0 saturated carbocycles. The highest BCUT2D eigenvalue weighted by Gasteiger charge is 2.31. The van der Waals surface area contributed by atoms with E-state index in [1.165, 1.54) is 30.3 Å². The highest BCUT2D eigenvalue weighted by Crippen LogP contribution is 2.25. The van der Waals surface area contributed by atoms with Gasteiger partial charge in [-0.05, 0) is 48.0 Å². The molecule has 6 nitrogen and oxygen atoms in total. The Morgan fingerprint density at radius 2 is 1.77 bits per heavy atom. The lowest BCUT2D eigenvalue weighted by atomic mass is 10.2. The maximum Gasteiger partial charge on any atom is 0.573 e. The molecule has 0 unspecified atom stereocenters. The van der Waals surface area contributed by atoms with Gasteiger partial charge in [0.25, 0.3) is 10.0 Å². The van der Waals surface area contributed by atoms with Crippen molar-refractivity contribution in [2.75, 3.05) is 4.72 Å². The molecule has 2 rings (SSSR count). The third-order valence-electron chi connectivity index (χ3n) is 2.93. The highest BCUT2D eigenvalue weighted by atomic mass is 32.2. The number of sulfonamides is 1. The molecule has 0 amide bonds. The number of aliphatic carboxylic acids is 1. The molecule has 138 valence electrons. The van der Waals surface area contributed by atoms with Crippen molar-refractivity contribution in [2.24, 2.45) is 0 Å². The number of rotatable bonds is 6. The Labute approximate surface area is 146 Å². The summed E-state index contributed by atoms with van der Waals surface area (Å²) in [5, 5.41) is 8.59. The van der Waals surface area contributed by atoms with Crippen LogP contribution in [0.2, 0.25) is 0 Å². The zero-order chi connectivity index (χ0) is 19.4. The zero-order valence-electron chi connectivity index (χ0n) is 12.9. The first-order valence-electron chi connectivity index (χ1n) is 6.95. The molecule has 0 bridgehead atoms. The lowest BCUT2D eigenvalue weighted by Gasteiger charge is -2.11. The van der Waals surface area contributed by atoms with E-state index in [1.807, 2.05) is 0 Å². The molecular weight excluding hydrogens is 375 g/mol. The quantitative estimate of drug-likeness (QED) is 0.741. The Bertz CT molecular complexity index is 922.